The third kappa shape index (κ3) is 5.59. The predicted molar refractivity (Wildman–Crippen MR) is 147 cm³/mol. The van der Waals surface area contributed by atoms with Crippen LogP contribution < -0.4 is 14.7 Å². The lowest BCUT2D eigenvalue weighted by molar-refractivity contribution is -0.990. The molecule has 3 aromatic rings. The number of fused-ring (bicyclic) bond motifs is 5. The predicted octanol–water partition coefficient (Wildman–Crippen LogP) is 5.63. The van der Waals surface area contributed by atoms with Crippen LogP contribution in [-0.2, 0) is 9.53 Å². The summed E-state index contributed by atoms with van der Waals surface area (Å²) in [7, 11) is 0. The number of esters is 1. The highest BCUT2D eigenvalue weighted by molar-refractivity contribution is 6.21. The van der Waals surface area contributed by atoms with Gasteiger partial charge in [-0.15, -0.1) is 0 Å². The van der Waals surface area contributed by atoms with Crippen LogP contribution in [0.3, 0.4) is 0 Å². The maximum Gasteiger partial charge on any atom is 0.339 e. The second-order valence-corrected chi connectivity index (χ2v) is 10.0. The Morgan fingerprint density at radius 2 is 1.85 bits per heavy atom. The molecule has 0 radical (unpaired) electrons. The Balaban J connectivity index is 1.62. The largest absolute Gasteiger partial charge is 0.595 e. The van der Waals surface area contributed by atoms with Crippen molar-refractivity contribution in [2.24, 2.45) is 0 Å². The molecular weight excluding hydrogens is 498 g/mol. The van der Waals surface area contributed by atoms with Crippen molar-refractivity contribution >= 4 is 39.5 Å². The van der Waals surface area contributed by atoms with E-state index in [2.05, 4.69) is 19.1 Å². The molecule has 0 fully saturated rings. The maximum atomic E-state index is 13.8. The van der Waals surface area contributed by atoms with Crippen molar-refractivity contribution in [3.05, 3.63) is 82.1 Å². The van der Waals surface area contributed by atoms with Gasteiger partial charge in [0.25, 0.3) is 0 Å². The SMILES string of the molecule is CC1=CCCC(C=O)=CC(OC(=O)c2cc3c(c4c2c([NH+]([O-])O)cc2ccccc24)OCO3)CC(C)=CCC1. The standard InChI is InChI=1S/C31H31NO7/c1-19-7-5-9-20(2)13-23(14-21(17-33)10-6-8-19)39-31(34)25-16-27-30(38-18-37-27)29-24-12-4-3-11-22(24)15-26(28(25)29)32(35)36/h3-4,8-9,11-12,14-17,23,32,35H,5-7,10,13,18H2,1-2H3. The van der Waals surface area contributed by atoms with Crippen LogP contribution in [-0.4, -0.2) is 30.4 Å². The Labute approximate surface area is 226 Å². The molecule has 0 saturated carbocycles. The van der Waals surface area contributed by atoms with Gasteiger partial charge in [-0.05, 0) is 68.0 Å². The summed E-state index contributed by atoms with van der Waals surface area (Å²) in [6, 6.07) is 10.4. The molecule has 1 aliphatic heterocycles. The van der Waals surface area contributed by atoms with Crippen LogP contribution in [0.1, 0.15) is 56.3 Å². The zero-order chi connectivity index (χ0) is 27.5. The molecule has 0 amide bonds. The van der Waals surface area contributed by atoms with Gasteiger partial charge in [0.05, 0.1) is 10.9 Å². The number of hydrogen-bond donors (Lipinski definition) is 2. The number of quaternary nitrogens is 1. The smallest absolute Gasteiger partial charge is 0.339 e. The fourth-order valence-corrected chi connectivity index (χ4v) is 5.28. The van der Waals surface area contributed by atoms with E-state index in [1.54, 1.807) is 12.1 Å². The Morgan fingerprint density at radius 1 is 1.08 bits per heavy atom. The highest BCUT2D eigenvalue weighted by Crippen LogP contribution is 2.46. The monoisotopic (exact) mass is 529 g/mol. The van der Waals surface area contributed by atoms with Gasteiger partial charge in [0.2, 0.25) is 6.79 Å². The Hall–Kier alpha value is -3.98. The number of allylic oxidation sites excluding steroid dienone is 4. The van der Waals surface area contributed by atoms with Crippen LogP contribution in [0.25, 0.3) is 21.5 Å². The number of benzene rings is 3. The van der Waals surface area contributed by atoms with E-state index in [1.807, 2.05) is 31.2 Å². The van der Waals surface area contributed by atoms with Gasteiger partial charge in [-0.3, -0.25) is 4.79 Å². The molecule has 0 bridgehead atoms. The van der Waals surface area contributed by atoms with Crippen LogP contribution in [0.2, 0.25) is 0 Å². The van der Waals surface area contributed by atoms with Gasteiger partial charge in [-0.25, -0.2) is 10.0 Å². The molecular formula is C31H31NO7. The number of aldehydes is 1. The molecule has 8 heteroatoms. The van der Waals surface area contributed by atoms with Crippen molar-refractivity contribution in [3.8, 4) is 11.5 Å². The van der Waals surface area contributed by atoms with E-state index in [0.29, 0.717) is 40.7 Å². The van der Waals surface area contributed by atoms with Crippen molar-refractivity contribution in [3.63, 3.8) is 0 Å². The molecule has 1 aliphatic carbocycles. The van der Waals surface area contributed by atoms with E-state index in [9.17, 15) is 20.0 Å². The second kappa shape index (κ2) is 11.4. The molecule has 8 nitrogen and oxygen atoms in total. The molecule has 0 aromatic heterocycles. The number of ether oxygens (including phenoxy) is 3. The molecule has 2 unspecified atom stereocenters. The van der Waals surface area contributed by atoms with E-state index < -0.39 is 17.3 Å². The number of carbonyl (C=O) groups excluding carboxylic acids is 2. The van der Waals surface area contributed by atoms with E-state index >= 15 is 0 Å². The van der Waals surface area contributed by atoms with Gasteiger partial charge in [-0.2, -0.15) is 5.23 Å². The van der Waals surface area contributed by atoms with E-state index in [1.165, 1.54) is 11.6 Å². The minimum absolute atomic E-state index is 0.0324. The molecule has 2 N–H and O–H groups in total. The summed E-state index contributed by atoms with van der Waals surface area (Å²) in [6.45, 7) is 4.03. The van der Waals surface area contributed by atoms with E-state index in [4.69, 9.17) is 14.2 Å². The quantitative estimate of drug-likeness (QED) is 0.148. The molecule has 39 heavy (non-hydrogen) atoms. The Morgan fingerprint density at radius 3 is 2.64 bits per heavy atom. The lowest BCUT2D eigenvalue weighted by atomic mass is 9.95. The molecule has 2 atom stereocenters. The molecule has 0 saturated heterocycles. The first-order chi connectivity index (χ1) is 18.9. The van der Waals surface area contributed by atoms with Crippen molar-refractivity contribution in [1.82, 2.24) is 0 Å². The van der Waals surface area contributed by atoms with Crippen molar-refractivity contribution < 1.29 is 34.2 Å². The highest BCUT2D eigenvalue weighted by atomic mass is 16.8. The third-order valence-electron chi connectivity index (χ3n) is 7.20. The van der Waals surface area contributed by atoms with E-state index in [0.717, 1.165) is 36.5 Å². The first-order valence-corrected chi connectivity index (χ1v) is 13.0. The second-order valence-electron chi connectivity index (χ2n) is 10.0. The maximum absolute atomic E-state index is 13.8. The zero-order valence-electron chi connectivity index (χ0n) is 22.0. The Kier molecular flexibility index (Phi) is 7.79. The van der Waals surface area contributed by atoms with Gasteiger partial charge < -0.3 is 19.4 Å². The summed E-state index contributed by atoms with van der Waals surface area (Å²) in [5.41, 5.74) is 2.91. The van der Waals surface area contributed by atoms with Crippen LogP contribution in [0.5, 0.6) is 11.5 Å². The lowest BCUT2D eigenvalue weighted by Gasteiger charge is -2.20. The van der Waals surface area contributed by atoms with Gasteiger partial charge in [0, 0.05) is 17.9 Å². The van der Waals surface area contributed by atoms with Gasteiger partial charge in [0.15, 0.2) is 17.2 Å². The van der Waals surface area contributed by atoms with Gasteiger partial charge in [0.1, 0.15) is 12.4 Å². The van der Waals surface area contributed by atoms with Gasteiger partial charge in [-0.1, -0.05) is 47.6 Å². The molecule has 202 valence electrons. The van der Waals surface area contributed by atoms with Crippen molar-refractivity contribution in [2.75, 3.05) is 6.79 Å². The molecule has 3 aromatic carbocycles. The van der Waals surface area contributed by atoms with Crippen LogP contribution in [0.4, 0.5) is 5.69 Å². The van der Waals surface area contributed by atoms with Crippen molar-refractivity contribution in [2.45, 2.75) is 52.1 Å². The first-order valence-electron chi connectivity index (χ1n) is 13.0. The number of hydrogen-bond acceptors (Lipinski definition) is 7. The lowest BCUT2D eigenvalue weighted by Crippen LogP contribution is -2.99. The number of rotatable bonds is 4. The minimum Gasteiger partial charge on any atom is -0.595 e. The third-order valence-corrected chi connectivity index (χ3v) is 7.20. The van der Waals surface area contributed by atoms with Crippen LogP contribution in [0.15, 0.2) is 71.3 Å². The van der Waals surface area contributed by atoms with Crippen LogP contribution >= 0.6 is 0 Å². The minimum atomic E-state index is -1.17. The Bertz CT molecular complexity index is 1530. The normalized spacial score (nSPS) is 18.9. The fraction of sp³-hybridized carbons (Fsp3) is 0.290. The summed E-state index contributed by atoms with van der Waals surface area (Å²) in [5, 5.41) is 23.5. The number of nitrogens with one attached hydrogen (secondary N) is 1. The van der Waals surface area contributed by atoms with E-state index in [-0.39, 0.29) is 23.4 Å². The van der Waals surface area contributed by atoms with Crippen molar-refractivity contribution in [1.29, 1.82) is 0 Å². The average Bonchev–Trinajstić information content (AvgIpc) is 3.39. The summed E-state index contributed by atoms with van der Waals surface area (Å²) >= 11 is 0. The summed E-state index contributed by atoms with van der Waals surface area (Å²) in [4.78, 5) is 25.6. The molecule has 0 spiro atoms. The topological polar surface area (TPSA) is 110 Å². The summed E-state index contributed by atoms with van der Waals surface area (Å²) in [5.74, 6) is 0.0542. The molecule has 2 aliphatic rings. The summed E-state index contributed by atoms with van der Waals surface area (Å²) < 4.78 is 17.4. The fourth-order valence-electron chi connectivity index (χ4n) is 5.28. The molecule has 5 rings (SSSR count). The highest BCUT2D eigenvalue weighted by Gasteiger charge is 2.30. The molecule has 1 heterocycles. The van der Waals surface area contributed by atoms with Gasteiger partial charge >= 0.3 is 5.97 Å². The average molecular weight is 530 g/mol. The zero-order valence-corrected chi connectivity index (χ0v) is 22.0. The number of carbonyl (C=O) groups is 2. The van der Waals surface area contributed by atoms with Crippen LogP contribution in [0, 0.1) is 5.21 Å². The summed E-state index contributed by atoms with van der Waals surface area (Å²) in [6.07, 6.45) is 9.56. The first kappa shape index (κ1) is 26.6.